The highest BCUT2D eigenvalue weighted by molar-refractivity contribution is 8.26. The Morgan fingerprint density at radius 2 is 1.08 bits per heavy atom. The summed E-state index contributed by atoms with van der Waals surface area (Å²) < 4.78 is 0. The quantitative estimate of drug-likeness (QED) is 0.607. The lowest BCUT2D eigenvalue weighted by molar-refractivity contribution is 1.12. The molecule has 0 heterocycles. The molecule has 0 aromatic rings. The molecule has 12 heavy (non-hydrogen) atoms. The van der Waals surface area contributed by atoms with E-state index in [1.165, 1.54) is 13.1 Å². The number of hydrogen-bond donors (Lipinski definition) is 0. The van der Waals surface area contributed by atoms with Crippen molar-refractivity contribution in [3.8, 4) is 0 Å². The Balaban J connectivity index is 3.27. The van der Waals surface area contributed by atoms with Crippen molar-refractivity contribution in [1.82, 2.24) is 0 Å². The summed E-state index contributed by atoms with van der Waals surface area (Å²) in [4.78, 5) is 0. The van der Waals surface area contributed by atoms with Gasteiger partial charge in [-0.15, -0.1) is 0 Å². The first-order valence-electron chi connectivity index (χ1n) is 4.75. The minimum atomic E-state index is 0.788. The van der Waals surface area contributed by atoms with Gasteiger partial charge >= 0.3 is 0 Å². The van der Waals surface area contributed by atoms with Crippen LogP contribution in [0.1, 0.15) is 34.6 Å². The van der Waals surface area contributed by atoms with E-state index in [1.54, 1.807) is 0 Å². The molecule has 0 aliphatic heterocycles. The highest BCUT2D eigenvalue weighted by Crippen LogP contribution is 2.19. The molecule has 0 aromatic heterocycles. The maximum Gasteiger partial charge on any atom is 0.188 e. The van der Waals surface area contributed by atoms with Gasteiger partial charge in [0.2, 0.25) is 0 Å². The maximum atomic E-state index is 2.35. The minimum absolute atomic E-state index is 0.788. The number of rotatable bonds is 6. The van der Waals surface area contributed by atoms with Gasteiger partial charge in [0.05, 0.1) is 0 Å². The van der Waals surface area contributed by atoms with Crippen molar-refractivity contribution in [1.29, 1.82) is 0 Å². The molecule has 0 aliphatic carbocycles. The summed E-state index contributed by atoms with van der Waals surface area (Å²) >= 11 is 4.16. The van der Waals surface area contributed by atoms with Crippen LogP contribution in [0.2, 0.25) is 5.72 Å². The first kappa shape index (κ1) is 12.8. The molecular formula is C8H20B2S2. The van der Waals surface area contributed by atoms with Crippen molar-refractivity contribution in [3.63, 3.8) is 0 Å². The van der Waals surface area contributed by atoms with Gasteiger partial charge in [0.25, 0.3) is 0 Å². The van der Waals surface area contributed by atoms with Crippen LogP contribution in [-0.4, -0.2) is 23.6 Å². The van der Waals surface area contributed by atoms with E-state index in [9.17, 15) is 0 Å². The van der Waals surface area contributed by atoms with Gasteiger partial charge in [0.15, 0.2) is 13.1 Å². The highest BCUT2D eigenvalue weighted by atomic mass is 32.2. The Kier molecular flexibility index (Phi) is 7.76. The maximum absolute atomic E-state index is 2.35. The van der Waals surface area contributed by atoms with Crippen LogP contribution in [0.4, 0.5) is 0 Å². The zero-order chi connectivity index (χ0) is 9.56. The Bertz CT molecular complexity index is 95.2. The van der Waals surface area contributed by atoms with Gasteiger partial charge in [0, 0.05) is 0 Å². The van der Waals surface area contributed by atoms with Gasteiger partial charge in [0.1, 0.15) is 0 Å². The Morgan fingerprint density at radius 3 is 1.33 bits per heavy atom. The molecule has 0 radical (unpaired) electrons. The van der Waals surface area contributed by atoms with Crippen LogP contribution >= 0.6 is 23.2 Å². The van der Waals surface area contributed by atoms with Gasteiger partial charge in [-0.05, 0) is 10.5 Å². The van der Waals surface area contributed by atoms with Crippen LogP contribution in [-0.2, 0) is 0 Å². The third kappa shape index (κ3) is 8.92. The molecule has 0 amide bonds. The van der Waals surface area contributed by atoms with E-state index in [-0.39, 0.29) is 0 Å². The van der Waals surface area contributed by atoms with Crippen molar-refractivity contribution >= 4 is 36.3 Å². The summed E-state index contributed by atoms with van der Waals surface area (Å²) in [5.74, 6) is 0. The lowest BCUT2D eigenvalue weighted by atomic mass is 9.70. The molecule has 0 unspecified atom stereocenters. The third-order valence-corrected chi connectivity index (χ3v) is 4.28. The molecule has 0 N–H and O–H groups in total. The predicted octanol–water partition coefficient (Wildman–Crippen LogP) is 2.74. The van der Waals surface area contributed by atoms with E-state index in [4.69, 9.17) is 0 Å². The summed E-state index contributed by atoms with van der Waals surface area (Å²) in [6.07, 6.45) is 0. The normalized spacial score (nSPS) is 11.3. The summed E-state index contributed by atoms with van der Waals surface area (Å²) in [5.41, 5.74) is 0.866. The molecule has 0 saturated heterocycles. The average molecular weight is 202 g/mol. The molecule has 70 valence electrons. The molecule has 0 atom stereocenters. The smallest absolute Gasteiger partial charge is 0.188 e. The van der Waals surface area contributed by atoms with Crippen molar-refractivity contribution in [2.75, 3.05) is 0 Å². The Hall–Kier alpha value is 0.830. The molecule has 0 rings (SSSR count). The second kappa shape index (κ2) is 7.25. The molecule has 0 saturated carbocycles. The minimum Gasteiger partial charge on any atom is -0.213 e. The van der Waals surface area contributed by atoms with Gasteiger partial charge in [-0.1, -0.05) is 40.3 Å². The first-order valence-corrected chi connectivity index (χ1v) is 6.85. The molecule has 0 aromatic carbocycles. The van der Waals surface area contributed by atoms with Crippen LogP contribution in [0, 0.1) is 0 Å². The van der Waals surface area contributed by atoms with Gasteiger partial charge in [-0.25, -0.2) is 23.2 Å². The second-order valence-electron chi connectivity index (χ2n) is 3.87. The van der Waals surface area contributed by atoms with Crippen LogP contribution in [0.15, 0.2) is 0 Å². The molecule has 4 heteroatoms. The standard InChI is InChI=1S/C8H20B2S2/c1-6(2)11-9-8(5)10-12-7(3)4/h6-10H,1-5H3. The lowest BCUT2D eigenvalue weighted by Crippen LogP contribution is -2.07. The van der Waals surface area contributed by atoms with Crippen molar-refractivity contribution in [2.45, 2.75) is 50.8 Å². The zero-order valence-electron chi connectivity index (χ0n) is 8.96. The van der Waals surface area contributed by atoms with Gasteiger partial charge < -0.3 is 0 Å². The van der Waals surface area contributed by atoms with Crippen molar-refractivity contribution in [3.05, 3.63) is 0 Å². The van der Waals surface area contributed by atoms with Crippen LogP contribution < -0.4 is 0 Å². The fourth-order valence-corrected chi connectivity index (χ4v) is 2.57. The van der Waals surface area contributed by atoms with E-state index in [2.05, 4.69) is 57.8 Å². The second-order valence-corrected chi connectivity index (χ2v) is 7.09. The van der Waals surface area contributed by atoms with Crippen LogP contribution in [0.3, 0.4) is 0 Å². The lowest BCUT2D eigenvalue weighted by Gasteiger charge is -2.11. The summed E-state index contributed by atoms with van der Waals surface area (Å²) in [6.45, 7) is 14.1. The molecule has 0 bridgehead atoms. The Morgan fingerprint density at radius 1 is 0.750 bits per heavy atom. The fourth-order valence-electron chi connectivity index (χ4n) is 0.762. The molecular weight excluding hydrogens is 182 g/mol. The summed E-state index contributed by atoms with van der Waals surface area (Å²) in [7, 11) is 0. The van der Waals surface area contributed by atoms with E-state index in [0.29, 0.717) is 0 Å². The first-order chi connectivity index (χ1) is 5.52. The fraction of sp³-hybridized carbons (Fsp3) is 1.00. The van der Waals surface area contributed by atoms with Gasteiger partial charge in [-0.2, -0.15) is 0 Å². The van der Waals surface area contributed by atoms with Crippen LogP contribution in [0.5, 0.6) is 0 Å². The Labute approximate surface area is 87.3 Å². The molecule has 0 spiro atoms. The average Bonchev–Trinajstić information content (AvgIpc) is 1.96. The van der Waals surface area contributed by atoms with E-state index >= 15 is 0 Å². The molecule has 0 aliphatic rings. The molecule has 0 nitrogen and oxygen atoms in total. The topological polar surface area (TPSA) is 0 Å². The molecule has 0 fully saturated rings. The van der Waals surface area contributed by atoms with Crippen LogP contribution in [0.25, 0.3) is 0 Å². The van der Waals surface area contributed by atoms with E-state index in [0.717, 1.165) is 16.2 Å². The SMILES string of the molecule is CC(BSC(C)C)BSC(C)C. The summed E-state index contributed by atoms with van der Waals surface area (Å²) in [6, 6.07) is 0. The number of hydrogen-bond acceptors (Lipinski definition) is 2. The monoisotopic (exact) mass is 202 g/mol. The zero-order valence-corrected chi connectivity index (χ0v) is 10.6. The summed E-state index contributed by atoms with van der Waals surface area (Å²) in [5, 5.41) is 1.58. The van der Waals surface area contributed by atoms with Crippen molar-refractivity contribution < 1.29 is 0 Å². The third-order valence-electron chi connectivity index (χ3n) is 1.43. The largest absolute Gasteiger partial charge is 0.213 e. The van der Waals surface area contributed by atoms with Gasteiger partial charge in [-0.3, -0.25) is 0 Å². The highest BCUT2D eigenvalue weighted by Gasteiger charge is 2.08. The van der Waals surface area contributed by atoms with E-state index < -0.39 is 0 Å². The predicted molar refractivity (Wildman–Crippen MR) is 69.2 cm³/mol. The van der Waals surface area contributed by atoms with Crippen molar-refractivity contribution in [2.24, 2.45) is 0 Å². The van der Waals surface area contributed by atoms with E-state index in [1.807, 2.05) is 0 Å².